The number of rotatable bonds is 9. The average molecular weight is 343 g/mol. The summed E-state index contributed by atoms with van der Waals surface area (Å²) in [6, 6.07) is 9.71. The second-order valence-electron chi connectivity index (χ2n) is 5.46. The Hall–Kier alpha value is -1.59. The minimum absolute atomic E-state index is 0. The van der Waals surface area contributed by atoms with Gasteiger partial charge in [0.05, 0.1) is 12.5 Å². The summed E-state index contributed by atoms with van der Waals surface area (Å²) in [5, 5.41) is 2.80. The van der Waals surface area contributed by atoms with E-state index in [2.05, 4.69) is 5.32 Å². The molecule has 1 amide bonds. The number of benzene rings is 1. The van der Waals surface area contributed by atoms with Gasteiger partial charge in [-0.05, 0) is 32.3 Å². The number of carbonyl (C=O) groups is 2. The third kappa shape index (κ3) is 9.21. The summed E-state index contributed by atoms with van der Waals surface area (Å²) in [4.78, 5) is 23.8. The predicted octanol–water partition coefficient (Wildman–Crippen LogP) is 2.07. The van der Waals surface area contributed by atoms with Gasteiger partial charge in [-0.15, -0.1) is 12.4 Å². The highest BCUT2D eigenvalue weighted by atomic mass is 35.5. The lowest BCUT2D eigenvalue weighted by molar-refractivity contribution is -0.147. The Labute approximate surface area is 144 Å². The summed E-state index contributed by atoms with van der Waals surface area (Å²) in [5.41, 5.74) is 6.68. The molecular formula is C17H27ClN2O3. The number of halogens is 1. The molecule has 0 aliphatic heterocycles. The fourth-order valence-corrected chi connectivity index (χ4v) is 2.08. The molecule has 2 atom stereocenters. The molecule has 1 aromatic rings. The first-order valence-electron chi connectivity index (χ1n) is 7.75. The molecule has 0 aliphatic rings. The second-order valence-corrected chi connectivity index (χ2v) is 5.46. The molecule has 0 aromatic heterocycles. The first-order valence-corrected chi connectivity index (χ1v) is 7.75. The van der Waals surface area contributed by atoms with Gasteiger partial charge in [-0.2, -0.15) is 0 Å². The Kier molecular flexibility index (Phi) is 11.1. The summed E-state index contributed by atoms with van der Waals surface area (Å²) < 4.78 is 5.10. The standard InChI is InChI=1S/C17H26N2O3.ClH/c1-3-22-17(21)15(11-14-7-5-4-6-8-14)12-19-16(20)10-9-13(2)18;/h4-8,13,15H,3,9-12,18H2,1-2H3,(H,19,20);1H. The summed E-state index contributed by atoms with van der Waals surface area (Å²) in [5.74, 6) is -0.736. The van der Waals surface area contributed by atoms with Crippen LogP contribution in [0.3, 0.4) is 0 Å². The largest absolute Gasteiger partial charge is 0.466 e. The van der Waals surface area contributed by atoms with Crippen LogP contribution in [0.15, 0.2) is 30.3 Å². The van der Waals surface area contributed by atoms with Gasteiger partial charge in [-0.25, -0.2) is 0 Å². The van der Waals surface area contributed by atoms with Crippen LogP contribution in [0.4, 0.5) is 0 Å². The molecule has 0 fully saturated rings. The zero-order valence-corrected chi connectivity index (χ0v) is 14.6. The zero-order valence-electron chi connectivity index (χ0n) is 13.8. The van der Waals surface area contributed by atoms with E-state index in [1.165, 1.54) is 0 Å². The van der Waals surface area contributed by atoms with Crippen molar-refractivity contribution < 1.29 is 14.3 Å². The van der Waals surface area contributed by atoms with Gasteiger partial charge in [0.1, 0.15) is 0 Å². The number of amides is 1. The first-order chi connectivity index (χ1) is 10.5. The average Bonchev–Trinajstić information content (AvgIpc) is 2.50. The summed E-state index contributed by atoms with van der Waals surface area (Å²) in [6.07, 6.45) is 1.56. The molecule has 0 spiro atoms. The Morgan fingerprint density at radius 2 is 1.91 bits per heavy atom. The highest BCUT2D eigenvalue weighted by molar-refractivity contribution is 5.85. The molecule has 2 unspecified atom stereocenters. The molecule has 5 nitrogen and oxygen atoms in total. The quantitative estimate of drug-likeness (QED) is 0.673. The Bertz CT molecular complexity index is 466. The Morgan fingerprint density at radius 3 is 2.48 bits per heavy atom. The van der Waals surface area contributed by atoms with E-state index in [-0.39, 0.29) is 42.8 Å². The summed E-state index contributed by atoms with van der Waals surface area (Å²) >= 11 is 0. The van der Waals surface area contributed by atoms with Gasteiger partial charge >= 0.3 is 5.97 Å². The Balaban J connectivity index is 0.00000484. The van der Waals surface area contributed by atoms with Gasteiger partial charge in [0.25, 0.3) is 0 Å². The molecule has 0 bridgehead atoms. The van der Waals surface area contributed by atoms with Gasteiger partial charge < -0.3 is 15.8 Å². The van der Waals surface area contributed by atoms with Crippen molar-refractivity contribution in [2.75, 3.05) is 13.2 Å². The van der Waals surface area contributed by atoms with Crippen molar-refractivity contribution in [2.45, 2.75) is 39.2 Å². The van der Waals surface area contributed by atoms with Crippen LogP contribution >= 0.6 is 12.4 Å². The minimum atomic E-state index is -0.374. The minimum Gasteiger partial charge on any atom is -0.466 e. The number of esters is 1. The lowest BCUT2D eigenvalue weighted by Gasteiger charge is -2.16. The molecule has 0 aliphatic carbocycles. The molecule has 0 heterocycles. The van der Waals surface area contributed by atoms with Crippen molar-refractivity contribution in [3.8, 4) is 0 Å². The third-order valence-electron chi connectivity index (χ3n) is 3.32. The first kappa shape index (κ1) is 21.4. The second kappa shape index (κ2) is 11.9. The lowest BCUT2D eigenvalue weighted by Crippen LogP contribution is -2.35. The number of hydrogen-bond acceptors (Lipinski definition) is 4. The molecular weight excluding hydrogens is 316 g/mol. The van der Waals surface area contributed by atoms with Gasteiger partial charge in [-0.3, -0.25) is 9.59 Å². The normalized spacial score (nSPS) is 12.7. The van der Waals surface area contributed by atoms with Gasteiger partial charge in [-0.1, -0.05) is 30.3 Å². The van der Waals surface area contributed by atoms with Crippen LogP contribution in [0.1, 0.15) is 32.3 Å². The smallest absolute Gasteiger partial charge is 0.311 e. The molecule has 0 saturated carbocycles. The van der Waals surface area contributed by atoms with Crippen LogP contribution in [0.5, 0.6) is 0 Å². The van der Waals surface area contributed by atoms with Gasteiger partial charge in [0.2, 0.25) is 5.91 Å². The van der Waals surface area contributed by atoms with E-state index in [0.29, 0.717) is 25.9 Å². The molecule has 3 N–H and O–H groups in total. The van der Waals surface area contributed by atoms with E-state index in [1.54, 1.807) is 6.92 Å². The van der Waals surface area contributed by atoms with Crippen LogP contribution in [-0.4, -0.2) is 31.1 Å². The molecule has 0 saturated heterocycles. The van der Waals surface area contributed by atoms with E-state index < -0.39 is 0 Å². The zero-order chi connectivity index (χ0) is 16.4. The summed E-state index contributed by atoms with van der Waals surface area (Å²) in [7, 11) is 0. The van der Waals surface area contributed by atoms with E-state index in [9.17, 15) is 9.59 Å². The topological polar surface area (TPSA) is 81.4 Å². The van der Waals surface area contributed by atoms with Crippen molar-refractivity contribution in [2.24, 2.45) is 11.7 Å². The lowest BCUT2D eigenvalue weighted by atomic mass is 9.99. The van der Waals surface area contributed by atoms with Crippen molar-refractivity contribution in [3.05, 3.63) is 35.9 Å². The maximum Gasteiger partial charge on any atom is 0.311 e. The number of hydrogen-bond donors (Lipinski definition) is 2. The van der Waals surface area contributed by atoms with Crippen LogP contribution in [0.25, 0.3) is 0 Å². The van der Waals surface area contributed by atoms with E-state index in [1.807, 2.05) is 37.3 Å². The SMILES string of the molecule is CCOC(=O)C(CNC(=O)CCC(C)N)Cc1ccccc1.Cl. The number of ether oxygens (including phenoxy) is 1. The maximum atomic E-state index is 12.0. The molecule has 1 rings (SSSR count). The van der Waals surface area contributed by atoms with Gasteiger partial charge in [0, 0.05) is 19.0 Å². The van der Waals surface area contributed by atoms with Crippen molar-refractivity contribution in [1.82, 2.24) is 5.32 Å². The molecule has 6 heteroatoms. The van der Waals surface area contributed by atoms with E-state index >= 15 is 0 Å². The molecule has 0 radical (unpaired) electrons. The van der Waals surface area contributed by atoms with Crippen molar-refractivity contribution in [1.29, 1.82) is 0 Å². The highest BCUT2D eigenvalue weighted by Crippen LogP contribution is 2.10. The molecule has 1 aromatic carbocycles. The highest BCUT2D eigenvalue weighted by Gasteiger charge is 2.21. The van der Waals surface area contributed by atoms with Gasteiger partial charge in [0.15, 0.2) is 0 Å². The number of carbonyl (C=O) groups excluding carboxylic acids is 2. The monoisotopic (exact) mass is 342 g/mol. The van der Waals surface area contributed by atoms with Crippen molar-refractivity contribution in [3.63, 3.8) is 0 Å². The maximum absolute atomic E-state index is 12.0. The van der Waals surface area contributed by atoms with Crippen LogP contribution in [0.2, 0.25) is 0 Å². The van der Waals surface area contributed by atoms with Crippen LogP contribution in [0, 0.1) is 5.92 Å². The summed E-state index contributed by atoms with van der Waals surface area (Å²) in [6.45, 7) is 4.26. The third-order valence-corrected chi connectivity index (χ3v) is 3.32. The van der Waals surface area contributed by atoms with E-state index in [4.69, 9.17) is 10.5 Å². The van der Waals surface area contributed by atoms with Crippen molar-refractivity contribution >= 4 is 24.3 Å². The predicted molar refractivity (Wildman–Crippen MR) is 93.4 cm³/mol. The Morgan fingerprint density at radius 1 is 1.26 bits per heavy atom. The number of nitrogens with one attached hydrogen (secondary N) is 1. The molecule has 130 valence electrons. The van der Waals surface area contributed by atoms with Crippen LogP contribution < -0.4 is 11.1 Å². The fourth-order valence-electron chi connectivity index (χ4n) is 2.08. The fraction of sp³-hybridized carbons (Fsp3) is 0.529. The molecule has 23 heavy (non-hydrogen) atoms. The van der Waals surface area contributed by atoms with Crippen LogP contribution in [-0.2, 0) is 20.7 Å². The number of nitrogens with two attached hydrogens (primary N) is 1. The van der Waals surface area contributed by atoms with E-state index in [0.717, 1.165) is 5.56 Å².